The molecule has 1 aromatic carbocycles. The maximum Gasteiger partial charge on any atom is 0.295 e. The second-order valence-electron chi connectivity index (χ2n) is 6.01. The Bertz CT molecular complexity index is 861. The van der Waals surface area contributed by atoms with Crippen molar-refractivity contribution in [3.05, 3.63) is 65.5 Å². The number of hydrogen-bond donors (Lipinski definition) is 1. The van der Waals surface area contributed by atoms with Gasteiger partial charge >= 0.3 is 0 Å². The predicted molar refractivity (Wildman–Crippen MR) is 96.5 cm³/mol. The largest absolute Gasteiger partial charge is 0.507 e. The number of ether oxygens (including phenoxy) is 1. The lowest BCUT2D eigenvalue weighted by molar-refractivity contribution is -0.139. The summed E-state index contributed by atoms with van der Waals surface area (Å²) in [7, 11) is 1.52. The van der Waals surface area contributed by atoms with Crippen LogP contribution in [0, 0.1) is 0 Å². The summed E-state index contributed by atoms with van der Waals surface area (Å²) in [5, 5.41) is 10.9. The van der Waals surface area contributed by atoms with Gasteiger partial charge in [-0.2, -0.15) is 0 Å². The number of rotatable bonds is 5. The number of nitrogens with zero attached hydrogens (tertiary/aromatic N) is 2. The van der Waals surface area contributed by atoms with Crippen molar-refractivity contribution < 1.29 is 19.4 Å². The molecule has 0 aliphatic carbocycles. The van der Waals surface area contributed by atoms with Gasteiger partial charge in [-0.1, -0.05) is 25.1 Å². The summed E-state index contributed by atoms with van der Waals surface area (Å²) < 4.78 is 5.18. The molecule has 0 saturated carbocycles. The Kier molecular flexibility index (Phi) is 5.02. The summed E-state index contributed by atoms with van der Waals surface area (Å²) in [6, 6.07) is 9.64. The highest BCUT2D eigenvalue weighted by Crippen LogP contribution is 2.39. The Hall–Kier alpha value is -3.15. The van der Waals surface area contributed by atoms with Crippen molar-refractivity contribution >= 4 is 17.4 Å². The van der Waals surface area contributed by atoms with E-state index in [2.05, 4.69) is 4.98 Å². The summed E-state index contributed by atoms with van der Waals surface area (Å²) in [5.74, 6) is -0.956. The van der Waals surface area contributed by atoms with Crippen molar-refractivity contribution in [3.63, 3.8) is 0 Å². The number of pyridine rings is 1. The Morgan fingerprint density at radius 3 is 2.73 bits per heavy atom. The molecule has 1 aromatic heterocycles. The van der Waals surface area contributed by atoms with Crippen LogP contribution in [-0.2, 0) is 9.59 Å². The lowest BCUT2D eigenvalue weighted by Crippen LogP contribution is -2.30. The molecule has 26 heavy (non-hydrogen) atoms. The zero-order valence-electron chi connectivity index (χ0n) is 14.7. The first kappa shape index (κ1) is 17.7. The van der Waals surface area contributed by atoms with Crippen molar-refractivity contribution in [3.8, 4) is 5.75 Å². The number of aliphatic hydroxyl groups is 1. The van der Waals surface area contributed by atoms with Gasteiger partial charge in [-0.25, -0.2) is 0 Å². The molecule has 0 spiro atoms. The number of ketones is 1. The third kappa shape index (κ3) is 3.06. The van der Waals surface area contributed by atoms with Crippen LogP contribution in [0.3, 0.4) is 0 Å². The zero-order valence-corrected chi connectivity index (χ0v) is 14.7. The monoisotopic (exact) mass is 352 g/mol. The molecule has 1 unspecified atom stereocenters. The second kappa shape index (κ2) is 7.39. The molecule has 134 valence electrons. The fourth-order valence-electron chi connectivity index (χ4n) is 3.16. The Morgan fingerprint density at radius 1 is 1.27 bits per heavy atom. The van der Waals surface area contributed by atoms with Gasteiger partial charge in [0.05, 0.1) is 18.7 Å². The van der Waals surface area contributed by atoms with Gasteiger partial charge in [0, 0.05) is 24.5 Å². The van der Waals surface area contributed by atoms with Crippen LogP contribution in [0.15, 0.2) is 54.4 Å². The molecular weight excluding hydrogens is 332 g/mol. The van der Waals surface area contributed by atoms with Crippen molar-refractivity contribution in [2.24, 2.45) is 0 Å². The number of amides is 1. The highest BCUT2D eigenvalue weighted by molar-refractivity contribution is 6.46. The summed E-state index contributed by atoms with van der Waals surface area (Å²) in [4.78, 5) is 30.8. The molecule has 1 fully saturated rings. The molecule has 1 aliphatic heterocycles. The minimum atomic E-state index is -0.687. The van der Waals surface area contributed by atoms with E-state index >= 15 is 0 Å². The quantitative estimate of drug-likeness (QED) is 0.508. The minimum absolute atomic E-state index is 0.0738. The molecule has 1 atom stereocenters. The summed E-state index contributed by atoms with van der Waals surface area (Å²) in [6.07, 6.45) is 3.93. The third-order valence-electron chi connectivity index (χ3n) is 4.35. The van der Waals surface area contributed by atoms with E-state index < -0.39 is 17.7 Å². The second-order valence-corrected chi connectivity index (χ2v) is 6.01. The van der Waals surface area contributed by atoms with Gasteiger partial charge in [-0.3, -0.25) is 14.6 Å². The molecule has 6 nitrogen and oxygen atoms in total. The summed E-state index contributed by atoms with van der Waals surface area (Å²) >= 11 is 0. The van der Waals surface area contributed by atoms with Gasteiger partial charge in [0.1, 0.15) is 11.5 Å². The fourth-order valence-corrected chi connectivity index (χ4v) is 3.16. The van der Waals surface area contributed by atoms with Crippen molar-refractivity contribution in [2.75, 3.05) is 13.7 Å². The smallest absolute Gasteiger partial charge is 0.295 e. The van der Waals surface area contributed by atoms with Crippen molar-refractivity contribution in [1.29, 1.82) is 0 Å². The van der Waals surface area contributed by atoms with Crippen LogP contribution in [0.25, 0.3) is 5.76 Å². The number of Topliss-reactive ketones (excluding diaryl/α,β-unsaturated/α-hetero) is 1. The highest BCUT2D eigenvalue weighted by atomic mass is 16.5. The van der Waals surface area contributed by atoms with Gasteiger partial charge < -0.3 is 14.7 Å². The van der Waals surface area contributed by atoms with E-state index in [1.165, 1.54) is 12.0 Å². The molecule has 1 amide bonds. The molecular formula is C20H20N2O4. The number of aliphatic hydroxyl groups excluding tert-OH is 1. The van der Waals surface area contributed by atoms with Gasteiger partial charge in [-0.15, -0.1) is 0 Å². The molecule has 2 heterocycles. The fraction of sp³-hybridized carbons (Fsp3) is 0.250. The number of carbonyl (C=O) groups is 2. The number of likely N-dealkylation sites (tertiary alicyclic amines) is 1. The number of hydrogen-bond acceptors (Lipinski definition) is 5. The Balaban J connectivity index is 2.18. The van der Waals surface area contributed by atoms with Crippen molar-refractivity contribution in [1.82, 2.24) is 9.88 Å². The van der Waals surface area contributed by atoms with E-state index in [0.717, 1.165) is 0 Å². The molecule has 0 bridgehead atoms. The minimum Gasteiger partial charge on any atom is -0.507 e. The van der Waals surface area contributed by atoms with E-state index in [-0.39, 0.29) is 11.3 Å². The van der Waals surface area contributed by atoms with E-state index in [9.17, 15) is 14.7 Å². The van der Waals surface area contributed by atoms with Gasteiger partial charge in [0.25, 0.3) is 11.7 Å². The summed E-state index contributed by atoms with van der Waals surface area (Å²) in [6.45, 7) is 2.35. The SMILES string of the molecule is CCCN1C(=O)C(=O)/C(=C(\O)c2cccc(OC)c2)C1c1cccnc1. The number of aromatic nitrogens is 1. The van der Waals surface area contributed by atoms with Crippen LogP contribution < -0.4 is 4.74 Å². The Morgan fingerprint density at radius 2 is 2.08 bits per heavy atom. The van der Waals surface area contributed by atoms with Gasteiger partial charge in [0.2, 0.25) is 0 Å². The lowest BCUT2D eigenvalue weighted by Gasteiger charge is -2.24. The number of carbonyl (C=O) groups excluding carboxylic acids is 2. The molecule has 0 radical (unpaired) electrons. The molecule has 1 N–H and O–H groups in total. The summed E-state index contributed by atoms with van der Waals surface area (Å²) in [5.41, 5.74) is 1.18. The number of methoxy groups -OCH3 is 1. The van der Waals surface area contributed by atoms with E-state index in [1.807, 2.05) is 6.92 Å². The van der Waals surface area contributed by atoms with Crippen LogP contribution in [0.2, 0.25) is 0 Å². The zero-order chi connectivity index (χ0) is 18.7. The van der Waals surface area contributed by atoms with Crippen LogP contribution in [0.5, 0.6) is 5.75 Å². The molecule has 2 aromatic rings. The first-order valence-electron chi connectivity index (χ1n) is 8.41. The number of benzene rings is 1. The lowest BCUT2D eigenvalue weighted by atomic mass is 9.96. The molecule has 6 heteroatoms. The standard InChI is InChI=1S/C20H20N2O4/c1-3-10-22-17(14-7-5-9-21-12-14)16(19(24)20(22)25)18(23)13-6-4-8-15(11-13)26-2/h4-9,11-12,17,23H,3,10H2,1-2H3/b18-16-. The average molecular weight is 352 g/mol. The third-order valence-corrected chi connectivity index (χ3v) is 4.35. The predicted octanol–water partition coefficient (Wildman–Crippen LogP) is 2.92. The maximum absolute atomic E-state index is 12.7. The van der Waals surface area contributed by atoms with Gasteiger partial charge in [-0.05, 0) is 30.2 Å². The maximum atomic E-state index is 12.7. The van der Waals surface area contributed by atoms with E-state index in [0.29, 0.717) is 29.8 Å². The van der Waals surface area contributed by atoms with E-state index in [4.69, 9.17) is 4.74 Å². The van der Waals surface area contributed by atoms with Crippen LogP contribution in [0.1, 0.15) is 30.5 Å². The van der Waals surface area contributed by atoms with Crippen molar-refractivity contribution in [2.45, 2.75) is 19.4 Å². The Labute approximate surface area is 151 Å². The molecule has 3 rings (SSSR count). The molecule has 1 aliphatic rings. The van der Waals surface area contributed by atoms with Crippen LogP contribution >= 0.6 is 0 Å². The first-order chi connectivity index (χ1) is 12.6. The normalized spacial score (nSPS) is 19.0. The van der Waals surface area contributed by atoms with E-state index in [1.54, 1.807) is 48.8 Å². The van der Waals surface area contributed by atoms with Gasteiger partial charge in [0.15, 0.2) is 0 Å². The first-order valence-corrected chi connectivity index (χ1v) is 8.41. The van der Waals surface area contributed by atoms with Crippen LogP contribution in [-0.4, -0.2) is 40.3 Å². The topological polar surface area (TPSA) is 79.7 Å². The average Bonchev–Trinajstić information content (AvgIpc) is 2.93. The molecule has 1 saturated heterocycles. The van der Waals surface area contributed by atoms with Crippen LogP contribution in [0.4, 0.5) is 0 Å². The highest BCUT2D eigenvalue weighted by Gasteiger charge is 2.45.